The summed E-state index contributed by atoms with van der Waals surface area (Å²) >= 11 is 0. The summed E-state index contributed by atoms with van der Waals surface area (Å²) in [4.78, 5) is 0. The number of sulfone groups is 1. The van der Waals surface area contributed by atoms with Crippen molar-refractivity contribution in [3.05, 3.63) is 35.9 Å². The summed E-state index contributed by atoms with van der Waals surface area (Å²) in [6.45, 7) is 2.39. The van der Waals surface area contributed by atoms with Crippen LogP contribution in [0.3, 0.4) is 0 Å². The third-order valence-electron chi connectivity index (χ3n) is 3.60. The largest absolute Gasteiger partial charge is 0.329 e. The molecule has 1 aliphatic rings. The molecule has 100 valence electrons. The van der Waals surface area contributed by atoms with Gasteiger partial charge in [0.05, 0.1) is 11.5 Å². The smallest absolute Gasteiger partial charge is 0.152 e. The zero-order valence-corrected chi connectivity index (χ0v) is 11.4. The van der Waals surface area contributed by atoms with Gasteiger partial charge >= 0.3 is 0 Å². The lowest BCUT2D eigenvalue weighted by Crippen LogP contribution is -2.53. The quantitative estimate of drug-likeness (QED) is 0.849. The summed E-state index contributed by atoms with van der Waals surface area (Å²) in [5.41, 5.74) is 6.47. The van der Waals surface area contributed by atoms with Gasteiger partial charge in [0.15, 0.2) is 9.84 Å². The Balaban J connectivity index is 2.13. The first kappa shape index (κ1) is 13.5. The highest BCUT2D eigenvalue weighted by Crippen LogP contribution is 2.26. The van der Waals surface area contributed by atoms with Crippen molar-refractivity contribution in [1.82, 2.24) is 5.32 Å². The van der Waals surface area contributed by atoms with E-state index in [0.29, 0.717) is 13.0 Å². The molecule has 2 atom stereocenters. The van der Waals surface area contributed by atoms with Crippen LogP contribution in [0.25, 0.3) is 0 Å². The Labute approximate surface area is 108 Å². The van der Waals surface area contributed by atoms with Crippen molar-refractivity contribution in [3.63, 3.8) is 0 Å². The molecule has 0 aromatic heterocycles. The van der Waals surface area contributed by atoms with Crippen molar-refractivity contribution < 1.29 is 8.42 Å². The van der Waals surface area contributed by atoms with E-state index in [2.05, 4.69) is 5.32 Å². The number of benzene rings is 1. The minimum absolute atomic E-state index is 0.100. The highest BCUT2D eigenvalue weighted by atomic mass is 32.2. The van der Waals surface area contributed by atoms with Crippen LogP contribution in [0, 0.1) is 0 Å². The second-order valence-corrected chi connectivity index (χ2v) is 7.29. The van der Waals surface area contributed by atoms with Gasteiger partial charge in [-0.15, -0.1) is 0 Å². The minimum Gasteiger partial charge on any atom is -0.329 e. The van der Waals surface area contributed by atoms with Gasteiger partial charge in [-0.1, -0.05) is 30.3 Å². The van der Waals surface area contributed by atoms with E-state index < -0.39 is 15.4 Å². The molecule has 4 nitrogen and oxygen atoms in total. The zero-order chi connectivity index (χ0) is 13.2. The Kier molecular flexibility index (Phi) is 3.75. The minimum atomic E-state index is -2.94. The molecule has 0 saturated carbocycles. The van der Waals surface area contributed by atoms with Crippen LogP contribution in [-0.4, -0.2) is 32.0 Å². The van der Waals surface area contributed by atoms with Gasteiger partial charge in [0.1, 0.15) is 0 Å². The molecule has 1 aromatic rings. The topological polar surface area (TPSA) is 72.2 Å². The molecule has 2 unspecified atom stereocenters. The third-order valence-corrected chi connectivity index (χ3v) is 5.42. The molecule has 1 saturated heterocycles. The first-order valence-corrected chi connectivity index (χ1v) is 8.02. The molecule has 5 heteroatoms. The van der Waals surface area contributed by atoms with Crippen molar-refractivity contribution in [1.29, 1.82) is 0 Å². The van der Waals surface area contributed by atoms with Gasteiger partial charge in [0.25, 0.3) is 0 Å². The van der Waals surface area contributed by atoms with Gasteiger partial charge in [-0.3, -0.25) is 0 Å². The number of nitrogens with two attached hydrogens (primary N) is 1. The number of hydrogen-bond acceptors (Lipinski definition) is 4. The highest BCUT2D eigenvalue weighted by molar-refractivity contribution is 7.91. The Morgan fingerprint density at radius 2 is 2.06 bits per heavy atom. The van der Waals surface area contributed by atoms with Crippen LogP contribution >= 0.6 is 0 Å². The highest BCUT2D eigenvalue weighted by Gasteiger charge is 2.41. The normalized spacial score (nSPS) is 28.1. The Morgan fingerprint density at radius 1 is 1.39 bits per heavy atom. The Bertz CT molecular complexity index is 501. The van der Waals surface area contributed by atoms with Gasteiger partial charge in [0, 0.05) is 18.1 Å². The fraction of sp³-hybridized carbons (Fsp3) is 0.538. The van der Waals surface area contributed by atoms with E-state index in [0.717, 1.165) is 5.56 Å². The van der Waals surface area contributed by atoms with E-state index >= 15 is 0 Å². The fourth-order valence-electron chi connectivity index (χ4n) is 2.53. The molecule has 1 heterocycles. The SMILES string of the molecule is CC(NC1(CN)CCS(=O)(=O)C1)c1ccccc1. The van der Waals surface area contributed by atoms with E-state index in [-0.39, 0.29) is 17.5 Å². The molecule has 18 heavy (non-hydrogen) atoms. The summed E-state index contributed by atoms with van der Waals surface area (Å²) < 4.78 is 23.3. The first-order chi connectivity index (χ1) is 8.46. The molecule has 1 aromatic carbocycles. The van der Waals surface area contributed by atoms with Crippen LogP contribution in [0.15, 0.2) is 30.3 Å². The van der Waals surface area contributed by atoms with Crippen molar-refractivity contribution in [2.24, 2.45) is 5.73 Å². The molecule has 0 amide bonds. The lowest BCUT2D eigenvalue weighted by molar-refractivity contribution is 0.334. The molecule has 2 rings (SSSR count). The average Bonchev–Trinajstić information content (AvgIpc) is 2.67. The summed E-state index contributed by atoms with van der Waals surface area (Å²) in [5.74, 6) is 0.381. The average molecular weight is 268 g/mol. The fourth-order valence-corrected chi connectivity index (χ4v) is 4.57. The molecule has 0 aliphatic carbocycles. The molecule has 1 fully saturated rings. The lowest BCUT2D eigenvalue weighted by atomic mass is 9.96. The zero-order valence-electron chi connectivity index (χ0n) is 10.6. The van der Waals surface area contributed by atoms with Crippen LogP contribution < -0.4 is 11.1 Å². The van der Waals surface area contributed by atoms with Crippen molar-refractivity contribution in [2.75, 3.05) is 18.1 Å². The number of rotatable bonds is 4. The Morgan fingerprint density at radius 3 is 2.56 bits per heavy atom. The third kappa shape index (κ3) is 2.91. The lowest BCUT2D eigenvalue weighted by Gasteiger charge is -2.31. The van der Waals surface area contributed by atoms with Gasteiger partial charge in [0.2, 0.25) is 0 Å². The van der Waals surface area contributed by atoms with Crippen molar-refractivity contribution in [3.8, 4) is 0 Å². The standard InChI is InChI=1S/C13H20N2O2S/c1-11(12-5-3-2-4-6-12)15-13(9-14)7-8-18(16,17)10-13/h2-6,11,15H,7-10,14H2,1H3. The van der Waals surface area contributed by atoms with E-state index in [1.54, 1.807) is 0 Å². The van der Waals surface area contributed by atoms with Gasteiger partial charge < -0.3 is 11.1 Å². The van der Waals surface area contributed by atoms with Crippen LogP contribution in [0.1, 0.15) is 24.9 Å². The van der Waals surface area contributed by atoms with Crippen LogP contribution in [0.2, 0.25) is 0 Å². The molecule has 0 spiro atoms. The monoisotopic (exact) mass is 268 g/mol. The molecule has 0 bridgehead atoms. The second kappa shape index (κ2) is 4.99. The number of nitrogens with one attached hydrogen (secondary N) is 1. The predicted octanol–water partition coefficient (Wildman–Crippen LogP) is 0.853. The van der Waals surface area contributed by atoms with Gasteiger partial charge in [-0.25, -0.2) is 8.42 Å². The predicted molar refractivity (Wildman–Crippen MR) is 73.0 cm³/mol. The van der Waals surface area contributed by atoms with E-state index in [4.69, 9.17) is 5.73 Å². The van der Waals surface area contributed by atoms with Crippen molar-refractivity contribution >= 4 is 9.84 Å². The summed E-state index contributed by atoms with van der Waals surface area (Å²) in [6, 6.07) is 10.1. The molecular weight excluding hydrogens is 248 g/mol. The van der Waals surface area contributed by atoms with E-state index in [9.17, 15) is 8.42 Å². The molecule has 3 N–H and O–H groups in total. The van der Waals surface area contributed by atoms with Crippen LogP contribution in [0.5, 0.6) is 0 Å². The summed E-state index contributed by atoms with van der Waals surface area (Å²) in [7, 11) is -2.94. The van der Waals surface area contributed by atoms with E-state index in [1.165, 1.54) is 0 Å². The summed E-state index contributed by atoms with van der Waals surface area (Å²) in [5, 5.41) is 3.41. The van der Waals surface area contributed by atoms with Gasteiger partial charge in [-0.05, 0) is 18.9 Å². The van der Waals surface area contributed by atoms with Crippen LogP contribution in [0.4, 0.5) is 0 Å². The first-order valence-electron chi connectivity index (χ1n) is 6.19. The molecule has 0 radical (unpaired) electrons. The second-order valence-electron chi connectivity index (χ2n) is 5.10. The molecule has 1 aliphatic heterocycles. The maximum absolute atomic E-state index is 11.6. The molecular formula is C13H20N2O2S. The Hall–Kier alpha value is -0.910. The van der Waals surface area contributed by atoms with Crippen molar-refractivity contribution in [2.45, 2.75) is 24.9 Å². The van der Waals surface area contributed by atoms with Gasteiger partial charge in [-0.2, -0.15) is 0 Å². The van der Waals surface area contributed by atoms with Crippen LogP contribution in [-0.2, 0) is 9.84 Å². The summed E-state index contributed by atoms with van der Waals surface area (Å²) in [6.07, 6.45) is 0.600. The number of hydrogen-bond donors (Lipinski definition) is 2. The van der Waals surface area contributed by atoms with E-state index in [1.807, 2.05) is 37.3 Å². The maximum atomic E-state index is 11.6. The maximum Gasteiger partial charge on any atom is 0.152 e.